The van der Waals surface area contributed by atoms with E-state index in [1.54, 1.807) is 0 Å². The summed E-state index contributed by atoms with van der Waals surface area (Å²) in [5.41, 5.74) is 15.1. The molecule has 5 heteroatoms. The third kappa shape index (κ3) is 2.14. The van der Waals surface area contributed by atoms with Crippen molar-refractivity contribution in [2.45, 2.75) is 6.92 Å². The van der Waals surface area contributed by atoms with Gasteiger partial charge in [-0.3, -0.25) is 0 Å². The van der Waals surface area contributed by atoms with Gasteiger partial charge >= 0.3 is 0 Å². The van der Waals surface area contributed by atoms with Crippen LogP contribution in [0.15, 0.2) is 48.5 Å². The maximum Gasteiger partial charge on any atom is 0.224 e. The van der Waals surface area contributed by atoms with Crippen LogP contribution in [0.5, 0.6) is 0 Å². The summed E-state index contributed by atoms with van der Waals surface area (Å²) in [6.07, 6.45) is 0. The van der Waals surface area contributed by atoms with Gasteiger partial charge < -0.3 is 11.5 Å². The van der Waals surface area contributed by atoms with E-state index in [9.17, 15) is 0 Å². The molecule has 0 saturated carbocycles. The highest BCUT2D eigenvalue weighted by molar-refractivity contribution is 5.98. The average Bonchev–Trinajstić information content (AvgIpc) is 2.53. The minimum Gasteiger partial charge on any atom is -0.383 e. The molecule has 0 aliphatic carbocycles. The SMILES string of the molecule is Cc1cc(-c2cccc3ccccc23)nc2nc(N)nc(N)c12. The minimum atomic E-state index is 0.136. The number of nitrogens with zero attached hydrogens (tertiary/aromatic N) is 3. The van der Waals surface area contributed by atoms with E-state index in [1.807, 2.05) is 31.2 Å². The molecule has 2 heterocycles. The van der Waals surface area contributed by atoms with Gasteiger partial charge in [0, 0.05) is 5.56 Å². The van der Waals surface area contributed by atoms with E-state index < -0.39 is 0 Å². The molecule has 2 aromatic carbocycles. The van der Waals surface area contributed by atoms with Gasteiger partial charge in [-0.2, -0.15) is 9.97 Å². The second kappa shape index (κ2) is 4.91. The first-order chi connectivity index (χ1) is 11.1. The van der Waals surface area contributed by atoms with Gasteiger partial charge in [0.05, 0.1) is 11.1 Å². The molecular weight excluding hydrogens is 286 g/mol. The molecule has 0 fully saturated rings. The van der Waals surface area contributed by atoms with Crippen LogP contribution < -0.4 is 11.5 Å². The molecule has 0 saturated heterocycles. The quantitative estimate of drug-likeness (QED) is 0.563. The molecular formula is C18H15N5. The molecule has 0 spiro atoms. The second-order valence-electron chi connectivity index (χ2n) is 5.52. The number of benzene rings is 2. The van der Waals surface area contributed by atoms with Crippen molar-refractivity contribution < 1.29 is 0 Å². The van der Waals surface area contributed by atoms with E-state index in [2.05, 4.69) is 39.2 Å². The van der Waals surface area contributed by atoms with Crippen molar-refractivity contribution in [3.63, 3.8) is 0 Å². The summed E-state index contributed by atoms with van der Waals surface area (Å²) in [5, 5.41) is 3.07. The van der Waals surface area contributed by atoms with Gasteiger partial charge in [0.15, 0.2) is 5.65 Å². The highest BCUT2D eigenvalue weighted by atomic mass is 15.1. The fraction of sp³-hybridized carbons (Fsp3) is 0.0556. The number of hydrogen-bond acceptors (Lipinski definition) is 5. The summed E-state index contributed by atoms with van der Waals surface area (Å²) in [6, 6.07) is 16.4. The molecule has 0 aliphatic heterocycles. The number of nitrogen functional groups attached to an aromatic ring is 2. The first kappa shape index (κ1) is 13.5. The van der Waals surface area contributed by atoms with E-state index >= 15 is 0 Å². The molecule has 0 atom stereocenters. The molecule has 0 aliphatic rings. The zero-order chi connectivity index (χ0) is 16.0. The average molecular weight is 301 g/mol. The van der Waals surface area contributed by atoms with Gasteiger partial charge in [0.25, 0.3) is 0 Å². The van der Waals surface area contributed by atoms with E-state index in [-0.39, 0.29) is 5.95 Å². The molecule has 5 nitrogen and oxygen atoms in total. The Kier molecular flexibility index (Phi) is 2.87. The summed E-state index contributed by atoms with van der Waals surface area (Å²) < 4.78 is 0. The topological polar surface area (TPSA) is 90.7 Å². The number of aryl methyl sites for hydroxylation is 1. The number of hydrogen-bond donors (Lipinski definition) is 2. The summed E-state index contributed by atoms with van der Waals surface area (Å²) in [5.74, 6) is 0.499. The zero-order valence-electron chi connectivity index (χ0n) is 12.6. The van der Waals surface area contributed by atoms with Crippen LogP contribution >= 0.6 is 0 Å². The third-order valence-corrected chi connectivity index (χ3v) is 3.97. The van der Waals surface area contributed by atoms with Crippen LogP contribution in [0.2, 0.25) is 0 Å². The lowest BCUT2D eigenvalue weighted by Crippen LogP contribution is -2.03. The van der Waals surface area contributed by atoms with Crippen molar-refractivity contribution in [3.8, 4) is 11.3 Å². The zero-order valence-corrected chi connectivity index (χ0v) is 12.6. The lowest BCUT2D eigenvalue weighted by molar-refractivity contribution is 1.19. The van der Waals surface area contributed by atoms with Crippen molar-refractivity contribution in [2.24, 2.45) is 0 Å². The fourth-order valence-corrected chi connectivity index (χ4v) is 2.95. The Morgan fingerprint density at radius 2 is 1.65 bits per heavy atom. The summed E-state index contributed by atoms with van der Waals surface area (Å²) >= 11 is 0. The van der Waals surface area contributed by atoms with Crippen LogP contribution in [0.25, 0.3) is 33.1 Å². The molecule has 112 valence electrons. The van der Waals surface area contributed by atoms with Crippen LogP contribution in [0, 0.1) is 6.92 Å². The Hall–Kier alpha value is -3.21. The van der Waals surface area contributed by atoms with Gasteiger partial charge in [-0.1, -0.05) is 42.5 Å². The summed E-state index contributed by atoms with van der Waals surface area (Å²) in [4.78, 5) is 12.9. The maximum absolute atomic E-state index is 5.97. The highest BCUT2D eigenvalue weighted by Crippen LogP contribution is 2.31. The summed E-state index contributed by atoms with van der Waals surface area (Å²) in [7, 11) is 0. The van der Waals surface area contributed by atoms with Gasteiger partial charge in [-0.05, 0) is 29.3 Å². The third-order valence-electron chi connectivity index (χ3n) is 3.97. The van der Waals surface area contributed by atoms with E-state index in [0.29, 0.717) is 11.5 Å². The van der Waals surface area contributed by atoms with Gasteiger partial charge in [0.2, 0.25) is 5.95 Å². The smallest absolute Gasteiger partial charge is 0.224 e. The number of fused-ring (bicyclic) bond motifs is 2. The second-order valence-corrected chi connectivity index (χ2v) is 5.52. The number of nitrogens with two attached hydrogens (primary N) is 2. The normalized spacial score (nSPS) is 11.2. The molecule has 23 heavy (non-hydrogen) atoms. The van der Waals surface area contributed by atoms with Crippen LogP contribution in [0.4, 0.5) is 11.8 Å². The molecule has 0 bridgehead atoms. The largest absolute Gasteiger partial charge is 0.383 e. The lowest BCUT2D eigenvalue weighted by atomic mass is 10.0. The number of rotatable bonds is 1. The Labute approximate surface area is 133 Å². The predicted octanol–water partition coefficient (Wildman–Crippen LogP) is 3.32. The van der Waals surface area contributed by atoms with E-state index in [0.717, 1.165) is 27.6 Å². The van der Waals surface area contributed by atoms with Gasteiger partial charge in [0.1, 0.15) is 5.82 Å². The minimum absolute atomic E-state index is 0.136. The van der Waals surface area contributed by atoms with Crippen molar-refractivity contribution in [2.75, 3.05) is 11.5 Å². The Bertz CT molecular complexity index is 1050. The van der Waals surface area contributed by atoms with Crippen molar-refractivity contribution >= 4 is 33.6 Å². The molecule has 0 amide bonds. The number of anilines is 2. The van der Waals surface area contributed by atoms with Crippen LogP contribution in [0.3, 0.4) is 0 Å². The van der Waals surface area contributed by atoms with Gasteiger partial charge in [-0.15, -0.1) is 0 Å². The van der Waals surface area contributed by atoms with Crippen molar-refractivity contribution in [1.82, 2.24) is 15.0 Å². The molecule has 2 aromatic heterocycles. The number of aromatic nitrogens is 3. The maximum atomic E-state index is 5.97. The molecule has 4 rings (SSSR count). The van der Waals surface area contributed by atoms with Crippen molar-refractivity contribution in [3.05, 3.63) is 54.1 Å². The molecule has 4 N–H and O–H groups in total. The fourth-order valence-electron chi connectivity index (χ4n) is 2.95. The first-order valence-corrected chi connectivity index (χ1v) is 7.32. The number of pyridine rings is 1. The Morgan fingerprint density at radius 3 is 2.52 bits per heavy atom. The van der Waals surface area contributed by atoms with Crippen LogP contribution in [0.1, 0.15) is 5.56 Å². The summed E-state index contributed by atoms with van der Waals surface area (Å²) in [6.45, 7) is 1.98. The molecule has 4 aromatic rings. The standard InChI is InChI=1S/C18H15N5/c1-10-9-14(21-17-15(10)16(19)22-18(20)23-17)13-8-4-6-11-5-2-3-7-12(11)13/h2-9H,1H3,(H4,19,20,21,22,23). The Morgan fingerprint density at radius 1 is 0.870 bits per heavy atom. The van der Waals surface area contributed by atoms with Crippen LogP contribution in [-0.2, 0) is 0 Å². The lowest BCUT2D eigenvalue weighted by Gasteiger charge is -2.10. The Balaban J connectivity index is 2.06. The van der Waals surface area contributed by atoms with E-state index in [1.165, 1.54) is 5.39 Å². The van der Waals surface area contributed by atoms with Crippen molar-refractivity contribution in [1.29, 1.82) is 0 Å². The first-order valence-electron chi connectivity index (χ1n) is 7.32. The predicted molar refractivity (Wildman–Crippen MR) is 93.8 cm³/mol. The van der Waals surface area contributed by atoms with E-state index in [4.69, 9.17) is 11.5 Å². The van der Waals surface area contributed by atoms with Gasteiger partial charge in [-0.25, -0.2) is 4.98 Å². The van der Waals surface area contributed by atoms with Crippen LogP contribution in [-0.4, -0.2) is 15.0 Å². The highest BCUT2D eigenvalue weighted by Gasteiger charge is 2.12. The molecule has 0 unspecified atom stereocenters. The molecule has 0 radical (unpaired) electrons. The monoisotopic (exact) mass is 301 g/mol.